The summed E-state index contributed by atoms with van der Waals surface area (Å²) in [4.78, 5) is 18.0. The number of halogens is 1. The largest absolute Gasteiger partial charge is 0.345 e. The van der Waals surface area contributed by atoms with Crippen molar-refractivity contribution in [2.75, 3.05) is 13.6 Å². The number of nitrogens with zero attached hydrogens (tertiary/aromatic N) is 1. The predicted octanol–water partition coefficient (Wildman–Crippen LogP) is 4.19. The number of pyridine rings is 1. The third-order valence-corrected chi connectivity index (χ3v) is 3.63. The molecule has 0 unspecified atom stereocenters. The maximum Gasteiger partial charge on any atom is 0.152 e. The van der Waals surface area contributed by atoms with E-state index in [1.165, 1.54) is 25.0 Å². The van der Waals surface area contributed by atoms with Gasteiger partial charge in [0.25, 0.3) is 0 Å². The summed E-state index contributed by atoms with van der Waals surface area (Å²) in [7, 11) is 1.98. The first-order valence-corrected chi connectivity index (χ1v) is 8.02. The molecular formula is C19H22FN3O. The first-order chi connectivity index (χ1) is 11.7. The van der Waals surface area contributed by atoms with E-state index >= 15 is 0 Å². The summed E-state index contributed by atoms with van der Waals surface area (Å²) >= 11 is 0. The van der Waals surface area contributed by atoms with E-state index in [0.717, 1.165) is 29.3 Å². The summed E-state index contributed by atoms with van der Waals surface area (Å²) in [5.41, 5.74) is 2.72. The van der Waals surface area contributed by atoms with Crippen LogP contribution < -0.4 is 5.32 Å². The summed E-state index contributed by atoms with van der Waals surface area (Å²) in [5.74, 6) is -0.294. The molecule has 0 aliphatic heterocycles. The van der Waals surface area contributed by atoms with Gasteiger partial charge in [-0.25, -0.2) is 9.37 Å². The van der Waals surface area contributed by atoms with Crippen molar-refractivity contribution in [2.24, 2.45) is 0 Å². The Hall–Kier alpha value is -2.53. The number of nitrogens with one attached hydrogen (secondary N) is 2. The molecule has 0 amide bonds. The number of carbonyl (C=O) groups excluding carboxylic acids is 1. The standard InChI is InChI=1S/C14H9FN2O.C5H13N/c15-12-3-1-2-9(4-12)10-5-13-11(8-18)7-17-14(13)16-6-10;1-3-4-5-6-2/h1-8H,(H,16,17);6H,3-5H2,1-2H3. The van der Waals surface area contributed by atoms with Crippen LogP contribution in [-0.2, 0) is 0 Å². The number of fused-ring (bicyclic) bond motifs is 1. The van der Waals surface area contributed by atoms with E-state index in [4.69, 9.17) is 0 Å². The van der Waals surface area contributed by atoms with E-state index in [-0.39, 0.29) is 5.82 Å². The van der Waals surface area contributed by atoms with Crippen LogP contribution >= 0.6 is 0 Å². The lowest BCUT2D eigenvalue weighted by atomic mass is 10.1. The van der Waals surface area contributed by atoms with E-state index < -0.39 is 0 Å². The molecule has 3 aromatic rings. The number of hydrogen-bond acceptors (Lipinski definition) is 3. The third kappa shape index (κ3) is 4.49. The highest BCUT2D eigenvalue weighted by molar-refractivity contribution is 5.97. The molecule has 0 aliphatic carbocycles. The lowest BCUT2D eigenvalue weighted by Gasteiger charge is -2.01. The zero-order valence-corrected chi connectivity index (χ0v) is 14.0. The fourth-order valence-electron chi connectivity index (χ4n) is 2.30. The zero-order chi connectivity index (χ0) is 17.4. The molecule has 4 nitrogen and oxygen atoms in total. The second kappa shape index (κ2) is 8.93. The molecule has 0 radical (unpaired) electrons. The highest BCUT2D eigenvalue weighted by atomic mass is 19.1. The minimum absolute atomic E-state index is 0.294. The van der Waals surface area contributed by atoms with Gasteiger partial charge in [-0.2, -0.15) is 0 Å². The van der Waals surface area contributed by atoms with E-state index in [0.29, 0.717) is 11.2 Å². The van der Waals surface area contributed by atoms with Crippen molar-refractivity contribution >= 4 is 17.3 Å². The second-order valence-corrected chi connectivity index (χ2v) is 5.45. The maximum absolute atomic E-state index is 13.2. The van der Waals surface area contributed by atoms with E-state index in [2.05, 4.69) is 22.2 Å². The number of carbonyl (C=O) groups is 1. The number of aromatic amines is 1. The number of H-pyrrole nitrogens is 1. The number of aromatic nitrogens is 2. The number of benzene rings is 1. The lowest BCUT2D eigenvalue weighted by molar-refractivity contribution is 0.112. The molecule has 0 fully saturated rings. The number of hydrogen-bond donors (Lipinski definition) is 2. The average molecular weight is 327 g/mol. The van der Waals surface area contributed by atoms with Gasteiger partial charge in [0.1, 0.15) is 11.5 Å². The zero-order valence-electron chi connectivity index (χ0n) is 14.0. The highest BCUT2D eigenvalue weighted by Crippen LogP contribution is 2.24. The van der Waals surface area contributed by atoms with E-state index in [9.17, 15) is 9.18 Å². The van der Waals surface area contributed by atoms with Gasteiger partial charge in [0.05, 0.1) is 0 Å². The van der Waals surface area contributed by atoms with Crippen LogP contribution in [0.3, 0.4) is 0 Å². The van der Waals surface area contributed by atoms with Crippen LogP contribution in [-0.4, -0.2) is 29.8 Å². The van der Waals surface area contributed by atoms with E-state index in [1.807, 2.05) is 13.1 Å². The smallest absolute Gasteiger partial charge is 0.152 e. The molecule has 2 aromatic heterocycles. The van der Waals surface area contributed by atoms with Gasteiger partial charge in [0.15, 0.2) is 6.29 Å². The molecule has 126 valence electrons. The molecule has 2 N–H and O–H groups in total. The minimum Gasteiger partial charge on any atom is -0.345 e. The van der Waals surface area contributed by atoms with Crippen molar-refractivity contribution in [1.82, 2.24) is 15.3 Å². The molecule has 0 saturated carbocycles. The normalized spacial score (nSPS) is 10.3. The van der Waals surface area contributed by atoms with Crippen molar-refractivity contribution in [2.45, 2.75) is 19.8 Å². The van der Waals surface area contributed by atoms with Gasteiger partial charge in [0.2, 0.25) is 0 Å². The Labute approximate surface area is 141 Å². The number of rotatable bonds is 5. The average Bonchev–Trinajstić information content (AvgIpc) is 3.02. The number of unbranched alkanes of at least 4 members (excludes halogenated alkanes) is 1. The van der Waals surface area contributed by atoms with Crippen molar-refractivity contribution in [3.8, 4) is 11.1 Å². The van der Waals surface area contributed by atoms with Gasteiger partial charge >= 0.3 is 0 Å². The molecule has 5 heteroatoms. The van der Waals surface area contributed by atoms with E-state index in [1.54, 1.807) is 24.5 Å². The molecule has 2 heterocycles. The summed E-state index contributed by atoms with van der Waals surface area (Å²) < 4.78 is 13.2. The number of aldehydes is 1. The molecule has 0 spiro atoms. The predicted molar refractivity (Wildman–Crippen MR) is 95.7 cm³/mol. The van der Waals surface area contributed by atoms with Crippen LogP contribution in [0.1, 0.15) is 30.1 Å². The monoisotopic (exact) mass is 327 g/mol. The van der Waals surface area contributed by atoms with Gasteiger partial charge in [-0.1, -0.05) is 25.5 Å². The maximum atomic E-state index is 13.2. The van der Waals surface area contributed by atoms with Crippen LogP contribution in [0, 0.1) is 5.82 Å². The Morgan fingerprint density at radius 1 is 1.29 bits per heavy atom. The van der Waals surface area contributed by atoms with Gasteiger partial charge in [0, 0.05) is 28.9 Å². The molecule has 24 heavy (non-hydrogen) atoms. The minimum atomic E-state index is -0.294. The summed E-state index contributed by atoms with van der Waals surface area (Å²) in [6.07, 6.45) is 6.63. The summed E-state index contributed by atoms with van der Waals surface area (Å²) in [5, 5.41) is 3.81. The Morgan fingerprint density at radius 3 is 2.75 bits per heavy atom. The Morgan fingerprint density at radius 2 is 2.12 bits per heavy atom. The molecule has 1 aromatic carbocycles. The molecule has 0 bridgehead atoms. The fourth-order valence-corrected chi connectivity index (χ4v) is 2.30. The first kappa shape index (κ1) is 17.8. The van der Waals surface area contributed by atoms with Crippen LogP contribution in [0.15, 0.2) is 42.7 Å². The molecular weight excluding hydrogens is 305 g/mol. The lowest BCUT2D eigenvalue weighted by Crippen LogP contribution is -2.06. The van der Waals surface area contributed by atoms with Crippen LogP contribution in [0.25, 0.3) is 22.2 Å². The van der Waals surface area contributed by atoms with Crippen LogP contribution in [0.4, 0.5) is 4.39 Å². The Balaban J connectivity index is 0.000000301. The molecule has 0 saturated heterocycles. The van der Waals surface area contributed by atoms with Gasteiger partial charge in [-0.15, -0.1) is 0 Å². The van der Waals surface area contributed by atoms with Crippen molar-refractivity contribution in [3.63, 3.8) is 0 Å². The van der Waals surface area contributed by atoms with Crippen molar-refractivity contribution in [1.29, 1.82) is 0 Å². The molecule has 0 atom stereocenters. The van der Waals surface area contributed by atoms with Crippen LogP contribution in [0.2, 0.25) is 0 Å². The Bertz CT molecular complexity index is 794. The molecule has 3 rings (SSSR count). The second-order valence-electron chi connectivity index (χ2n) is 5.45. The third-order valence-electron chi connectivity index (χ3n) is 3.63. The first-order valence-electron chi connectivity index (χ1n) is 8.02. The fraction of sp³-hybridized carbons (Fsp3) is 0.263. The highest BCUT2D eigenvalue weighted by Gasteiger charge is 2.06. The molecule has 0 aliphatic rings. The summed E-state index contributed by atoms with van der Waals surface area (Å²) in [6.45, 7) is 3.36. The summed E-state index contributed by atoms with van der Waals surface area (Å²) in [6, 6.07) is 8.11. The topological polar surface area (TPSA) is 57.8 Å². The van der Waals surface area contributed by atoms with Gasteiger partial charge in [-0.3, -0.25) is 4.79 Å². The van der Waals surface area contributed by atoms with Gasteiger partial charge < -0.3 is 10.3 Å². The Kier molecular flexibility index (Phi) is 6.63. The van der Waals surface area contributed by atoms with Crippen LogP contribution in [0.5, 0.6) is 0 Å². The SMILES string of the molecule is CCCCNC.O=Cc1c[nH]c2ncc(-c3cccc(F)c3)cc12. The van der Waals surface area contributed by atoms with Crippen molar-refractivity contribution in [3.05, 3.63) is 54.1 Å². The van der Waals surface area contributed by atoms with Gasteiger partial charge in [-0.05, 0) is 43.8 Å². The quantitative estimate of drug-likeness (QED) is 0.546. The van der Waals surface area contributed by atoms with Crippen molar-refractivity contribution < 1.29 is 9.18 Å².